The number of esters is 1. The molecule has 6 heteroatoms. The zero-order valence-corrected chi connectivity index (χ0v) is 11.6. The number of thiazole rings is 1. The van der Waals surface area contributed by atoms with E-state index in [0.29, 0.717) is 6.42 Å². The maximum Gasteiger partial charge on any atom is 0.305 e. The average molecular weight is 307 g/mol. The number of nitrogens with zero attached hydrogens (tertiary/aromatic N) is 1. The predicted octanol–water partition coefficient (Wildman–Crippen LogP) is 3.05. The second kappa shape index (κ2) is 7.62. The van der Waals surface area contributed by atoms with E-state index in [1.54, 1.807) is 11.3 Å². The molecule has 0 unspecified atom stereocenters. The van der Waals surface area contributed by atoms with Crippen LogP contribution in [0, 0.1) is 0 Å². The predicted molar refractivity (Wildman–Crippen MR) is 68.8 cm³/mol. The Bertz CT molecular complexity index is 330. The van der Waals surface area contributed by atoms with Crippen molar-refractivity contribution < 1.29 is 9.53 Å². The van der Waals surface area contributed by atoms with Crippen molar-refractivity contribution in [3.63, 3.8) is 0 Å². The maximum absolute atomic E-state index is 10.8. The SMILES string of the molecule is COC(=O)CCCCCNc1nc(Br)cs1. The first kappa shape index (κ1) is 13.4. The van der Waals surface area contributed by atoms with Gasteiger partial charge < -0.3 is 10.1 Å². The van der Waals surface area contributed by atoms with E-state index in [-0.39, 0.29) is 5.97 Å². The molecule has 90 valence electrons. The van der Waals surface area contributed by atoms with Gasteiger partial charge in [0.05, 0.1) is 7.11 Å². The Morgan fingerprint density at radius 2 is 2.38 bits per heavy atom. The highest BCUT2D eigenvalue weighted by Gasteiger charge is 2.00. The van der Waals surface area contributed by atoms with Crippen molar-refractivity contribution in [2.24, 2.45) is 0 Å². The van der Waals surface area contributed by atoms with Gasteiger partial charge in [0, 0.05) is 18.3 Å². The number of rotatable bonds is 7. The topological polar surface area (TPSA) is 51.2 Å². The van der Waals surface area contributed by atoms with Crippen LogP contribution in [0.3, 0.4) is 0 Å². The van der Waals surface area contributed by atoms with Crippen LogP contribution in [0.15, 0.2) is 9.98 Å². The summed E-state index contributed by atoms with van der Waals surface area (Å²) in [4.78, 5) is 15.0. The summed E-state index contributed by atoms with van der Waals surface area (Å²) in [6.07, 6.45) is 3.46. The maximum atomic E-state index is 10.8. The summed E-state index contributed by atoms with van der Waals surface area (Å²) in [7, 11) is 1.42. The molecular formula is C10H15BrN2O2S. The summed E-state index contributed by atoms with van der Waals surface area (Å²) in [6.45, 7) is 0.890. The van der Waals surface area contributed by atoms with Crippen molar-refractivity contribution in [3.8, 4) is 0 Å². The molecule has 1 N–H and O–H groups in total. The zero-order chi connectivity index (χ0) is 11.8. The third kappa shape index (κ3) is 5.46. The fourth-order valence-electron chi connectivity index (χ4n) is 1.20. The van der Waals surface area contributed by atoms with Gasteiger partial charge >= 0.3 is 5.97 Å². The molecule has 0 atom stereocenters. The molecule has 0 amide bonds. The second-order valence-electron chi connectivity index (χ2n) is 3.29. The van der Waals surface area contributed by atoms with Crippen LogP contribution in [0.25, 0.3) is 0 Å². The molecule has 0 bridgehead atoms. The number of nitrogens with one attached hydrogen (secondary N) is 1. The van der Waals surface area contributed by atoms with Gasteiger partial charge in [-0.15, -0.1) is 11.3 Å². The van der Waals surface area contributed by atoms with Crippen molar-refractivity contribution in [2.75, 3.05) is 19.0 Å². The van der Waals surface area contributed by atoms with Crippen LogP contribution in [-0.4, -0.2) is 24.6 Å². The minimum absolute atomic E-state index is 0.128. The number of hydrogen-bond acceptors (Lipinski definition) is 5. The Labute approximate surface area is 108 Å². The van der Waals surface area contributed by atoms with Crippen LogP contribution in [0.2, 0.25) is 0 Å². The van der Waals surface area contributed by atoms with E-state index in [4.69, 9.17) is 0 Å². The van der Waals surface area contributed by atoms with E-state index in [9.17, 15) is 4.79 Å². The fourth-order valence-corrected chi connectivity index (χ4v) is 2.38. The molecule has 0 spiro atoms. The molecule has 1 aromatic heterocycles. The molecule has 16 heavy (non-hydrogen) atoms. The highest BCUT2D eigenvalue weighted by atomic mass is 79.9. The third-order valence-corrected chi connectivity index (χ3v) is 3.55. The number of ether oxygens (including phenoxy) is 1. The van der Waals surface area contributed by atoms with Crippen LogP contribution in [0.5, 0.6) is 0 Å². The summed E-state index contributed by atoms with van der Waals surface area (Å²) >= 11 is 4.88. The lowest BCUT2D eigenvalue weighted by Crippen LogP contribution is -2.03. The molecule has 1 aromatic rings. The molecule has 4 nitrogen and oxygen atoms in total. The van der Waals surface area contributed by atoms with Crippen LogP contribution >= 0.6 is 27.3 Å². The van der Waals surface area contributed by atoms with Crippen molar-refractivity contribution >= 4 is 38.4 Å². The van der Waals surface area contributed by atoms with E-state index in [2.05, 4.69) is 31.0 Å². The summed E-state index contributed by atoms with van der Waals surface area (Å²) in [5.74, 6) is -0.128. The molecule has 0 aliphatic carbocycles. The first-order valence-electron chi connectivity index (χ1n) is 5.14. The van der Waals surface area contributed by atoms with Crippen molar-refractivity contribution in [3.05, 3.63) is 9.98 Å². The number of anilines is 1. The van der Waals surface area contributed by atoms with Crippen molar-refractivity contribution in [1.82, 2.24) is 4.98 Å². The standard InChI is InChI=1S/C10H15BrN2O2S/c1-15-9(14)5-3-2-4-6-12-10-13-8(11)7-16-10/h7H,2-6H2,1H3,(H,12,13). The molecule has 0 aliphatic rings. The Morgan fingerprint density at radius 3 is 3.00 bits per heavy atom. The molecular weight excluding hydrogens is 292 g/mol. The number of carbonyl (C=O) groups is 1. The highest BCUT2D eigenvalue weighted by Crippen LogP contribution is 2.19. The van der Waals surface area contributed by atoms with Crippen molar-refractivity contribution in [1.29, 1.82) is 0 Å². The van der Waals surface area contributed by atoms with Crippen LogP contribution in [0.1, 0.15) is 25.7 Å². The van der Waals surface area contributed by atoms with E-state index in [1.165, 1.54) is 7.11 Å². The smallest absolute Gasteiger partial charge is 0.305 e. The van der Waals surface area contributed by atoms with E-state index in [1.807, 2.05) is 5.38 Å². The molecule has 0 aromatic carbocycles. The normalized spacial score (nSPS) is 10.1. The summed E-state index contributed by atoms with van der Waals surface area (Å²) in [5.41, 5.74) is 0. The Hall–Kier alpha value is -0.620. The molecule has 0 fully saturated rings. The van der Waals surface area contributed by atoms with Gasteiger partial charge in [-0.25, -0.2) is 4.98 Å². The van der Waals surface area contributed by atoms with E-state index >= 15 is 0 Å². The lowest BCUT2D eigenvalue weighted by atomic mass is 10.2. The third-order valence-electron chi connectivity index (χ3n) is 2.04. The summed E-state index contributed by atoms with van der Waals surface area (Å²) in [5, 5.41) is 6.10. The first-order chi connectivity index (χ1) is 7.72. The van der Waals surface area contributed by atoms with E-state index in [0.717, 1.165) is 35.5 Å². The van der Waals surface area contributed by atoms with Crippen LogP contribution in [-0.2, 0) is 9.53 Å². The molecule has 0 saturated heterocycles. The van der Waals surface area contributed by atoms with Crippen LogP contribution in [0.4, 0.5) is 5.13 Å². The van der Waals surface area contributed by atoms with Crippen molar-refractivity contribution in [2.45, 2.75) is 25.7 Å². The van der Waals surface area contributed by atoms with Gasteiger partial charge in [-0.3, -0.25) is 4.79 Å². The van der Waals surface area contributed by atoms with Gasteiger partial charge in [0.15, 0.2) is 5.13 Å². The Kier molecular flexibility index (Phi) is 6.40. The first-order valence-corrected chi connectivity index (χ1v) is 6.81. The van der Waals surface area contributed by atoms with Gasteiger partial charge in [0.25, 0.3) is 0 Å². The van der Waals surface area contributed by atoms with Gasteiger partial charge in [-0.05, 0) is 28.8 Å². The number of halogens is 1. The molecule has 1 rings (SSSR count). The zero-order valence-electron chi connectivity index (χ0n) is 9.16. The summed E-state index contributed by atoms with van der Waals surface area (Å²) in [6, 6.07) is 0. The minimum atomic E-state index is -0.128. The quantitative estimate of drug-likeness (QED) is 0.621. The second-order valence-corrected chi connectivity index (χ2v) is 4.96. The van der Waals surface area contributed by atoms with Gasteiger partial charge in [0.1, 0.15) is 4.60 Å². The minimum Gasteiger partial charge on any atom is -0.469 e. The lowest BCUT2D eigenvalue weighted by molar-refractivity contribution is -0.140. The van der Waals surface area contributed by atoms with Gasteiger partial charge in [-0.1, -0.05) is 6.42 Å². The number of aromatic nitrogens is 1. The average Bonchev–Trinajstić information content (AvgIpc) is 2.69. The number of carbonyl (C=O) groups excluding carboxylic acids is 1. The monoisotopic (exact) mass is 306 g/mol. The fraction of sp³-hybridized carbons (Fsp3) is 0.600. The molecule has 0 saturated carbocycles. The molecule has 0 aliphatic heterocycles. The molecule has 0 radical (unpaired) electrons. The van der Waals surface area contributed by atoms with E-state index < -0.39 is 0 Å². The largest absolute Gasteiger partial charge is 0.469 e. The molecule has 1 heterocycles. The highest BCUT2D eigenvalue weighted by molar-refractivity contribution is 9.10. The summed E-state index contributed by atoms with van der Waals surface area (Å²) < 4.78 is 5.43. The Morgan fingerprint density at radius 1 is 1.56 bits per heavy atom. The van der Waals surface area contributed by atoms with Gasteiger partial charge in [0.2, 0.25) is 0 Å². The van der Waals surface area contributed by atoms with Gasteiger partial charge in [-0.2, -0.15) is 0 Å². The Balaban J connectivity index is 1.98. The van der Waals surface area contributed by atoms with Crippen LogP contribution < -0.4 is 5.32 Å². The number of unbranched alkanes of at least 4 members (excludes halogenated alkanes) is 2. The number of hydrogen-bond donors (Lipinski definition) is 1. The number of methoxy groups -OCH3 is 1. The lowest BCUT2D eigenvalue weighted by Gasteiger charge is -2.02.